The first-order valence-electron chi connectivity index (χ1n) is 10.4. The van der Waals surface area contributed by atoms with Crippen molar-refractivity contribution in [3.8, 4) is 5.75 Å². The van der Waals surface area contributed by atoms with E-state index in [0.29, 0.717) is 51.5 Å². The van der Waals surface area contributed by atoms with E-state index in [1.807, 2.05) is 32.0 Å². The molecule has 0 spiro atoms. The molecule has 0 N–H and O–H groups in total. The van der Waals surface area contributed by atoms with Gasteiger partial charge in [-0.15, -0.1) is 0 Å². The predicted molar refractivity (Wildman–Crippen MR) is 129 cm³/mol. The largest absolute Gasteiger partial charge is 0.493 e. The van der Waals surface area contributed by atoms with Crippen molar-refractivity contribution in [3.05, 3.63) is 86.7 Å². The van der Waals surface area contributed by atoms with Crippen LogP contribution >= 0.6 is 23.2 Å². The number of carbonyl (C=O) groups excluding carboxylic acids is 2. The molecular formula is C25H24Cl2N2O4. The van der Waals surface area contributed by atoms with Gasteiger partial charge >= 0.3 is 5.97 Å². The van der Waals surface area contributed by atoms with Gasteiger partial charge in [-0.3, -0.25) is 4.79 Å². The fourth-order valence-corrected chi connectivity index (χ4v) is 3.70. The van der Waals surface area contributed by atoms with Gasteiger partial charge in [0.15, 0.2) is 5.78 Å². The summed E-state index contributed by atoms with van der Waals surface area (Å²) in [5.74, 6) is -0.0662. The zero-order chi connectivity index (χ0) is 24.0. The highest BCUT2D eigenvalue weighted by Gasteiger charge is 2.14. The molecule has 6 nitrogen and oxygen atoms in total. The third-order valence-electron chi connectivity index (χ3n) is 4.91. The number of halogens is 2. The lowest BCUT2D eigenvalue weighted by atomic mass is 10.1. The van der Waals surface area contributed by atoms with Crippen LogP contribution in [0.4, 0.5) is 0 Å². The van der Waals surface area contributed by atoms with Gasteiger partial charge in [0.05, 0.1) is 18.8 Å². The zero-order valence-corrected chi connectivity index (χ0v) is 20.1. The number of ketones is 1. The Balaban J connectivity index is 1.70. The Morgan fingerprint density at radius 2 is 1.88 bits per heavy atom. The number of Topliss-reactive ketones (excluding diaryl/α,β-unsaturated/α-hetero) is 1. The van der Waals surface area contributed by atoms with E-state index >= 15 is 0 Å². The minimum atomic E-state index is -0.556. The van der Waals surface area contributed by atoms with Gasteiger partial charge in [0, 0.05) is 27.8 Å². The molecule has 0 amide bonds. The standard InChI is InChI=1S/C25H24Cl2N2O4/c1-4-32-23-11-9-18(17(3)30)13-20(23)15-33-24(31)12-10-21-16(2)28-29(25(21)27)14-19-7-5-6-8-22(19)26/h5-13H,4,14-15H2,1-3H3/b12-10+. The van der Waals surface area contributed by atoms with E-state index in [0.717, 1.165) is 5.56 Å². The van der Waals surface area contributed by atoms with E-state index in [9.17, 15) is 9.59 Å². The van der Waals surface area contributed by atoms with E-state index in [1.165, 1.54) is 13.0 Å². The van der Waals surface area contributed by atoms with Crippen molar-refractivity contribution >= 4 is 41.0 Å². The lowest BCUT2D eigenvalue weighted by Crippen LogP contribution is -2.05. The summed E-state index contributed by atoms with van der Waals surface area (Å²) in [5.41, 5.74) is 3.32. The number of hydrogen-bond acceptors (Lipinski definition) is 5. The smallest absolute Gasteiger partial charge is 0.331 e. The predicted octanol–water partition coefficient (Wildman–Crippen LogP) is 5.90. The second-order valence-corrected chi connectivity index (χ2v) is 8.06. The van der Waals surface area contributed by atoms with E-state index in [2.05, 4.69) is 5.10 Å². The second kappa shape index (κ2) is 11.2. The van der Waals surface area contributed by atoms with Gasteiger partial charge in [-0.05, 0) is 56.7 Å². The lowest BCUT2D eigenvalue weighted by Gasteiger charge is -2.11. The normalized spacial score (nSPS) is 11.1. The van der Waals surface area contributed by atoms with Crippen LogP contribution in [0.1, 0.15) is 46.6 Å². The van der Waals surface area contributed by atoms with Crippen LogP contribution in [0.15, 0.2) is 48.5 Å². The molecule has 0 saturated carbocycles. The molecule has 1 heterocycles. The van der Waals surface area contributed by atoms with Gasteiger partial charge in [0.1, 0.15) is 17.5 Å². The van der Waals surface area contributed by atoms with Gasteiger partial charge in [-0.1, -0.05) is 41.4 Å². The molecule has 3 rings (SSSR count). The maximum absolute atomic E-state index is 12.3. The van der Waals surface area contributed by atoms with Gasteiger partial charge in [0.2, 0.25) is 0 Å². The number of carbonyl (C=O) groups is 2. The highest BCUT2D eigenvalue weighted by atomic mass is 35.5. The van der Waals surface area contributed by atoms with Crippen molar-refractivity contribution < 1.29 is 19.1 Å². The van der Waals surface area contributed by atoms with Crippen LogP contribution in [0.3, 0.4) is 0 Å². The minimum absolute atomic E-state index is 0.0297. The van der Waals surface area contributed by atoms with Crippen LogP contribution in [0, 0.1) is 6.92 Å². The Kier molecular flexibility index (Phi) is 8.31. The third-order valence-corrected chi connectivity index (χ3v) is 5.68. The Morgan fingerprint density at radius 1 is 1.12 bits per heavy atom. The Morgan fingerprint density at radius 3 is 2.58 bits per heavy atom. The van der Waals surface area contributed by atoms with Crippen molar-refractivity contribution in [2.75, 3.05) is 6.61 Å². The summed E-state index contributed by atoms with van der Waals surface area (Å²) in [5, 5.41) is 5.47. The topological polar surface area (TPSA) is 70.4 Å². The van der Waals surface area contributed by atoms with E-state index < -0.39 is 5.97 Å². The van der Waals surface area contributed by atoms with Gasteiger partial charge in [-0.25, -0.2) is 9.48 Å². The molecule has 0 saturated heterocycles. The fraction of sp³-hybridized carbons (Fsp3) is 0.240. The quantitative estimate of drug-likeness (QED) is 0.213. The average Bonchev–Trinajstić information content (AvgIpc) is 3.05. The summed E-state index contributed by atoms with van der Waals surface area (Å²) in [6.45, 7) is 5.97. The van der Waals surface area contributed by atoms with Crippen LogP contribution in [0.25, 0.3) is 6.08 Å². The molecule has 3 aromatic rings. The number of esters is 1. The maximum atomic E-state index is 12.3. The number of benzene rings is 2. The van der Waals surface area contributed by atoms with Crippen LogP contribution in [-0.4, -0.2) is 28.1 Å². The SMILES string of the molecule is CCOc1ccc(C(C)=O)cc1COC(=O)/C=C/c1c(C)nn(Cc2ccccc2Cl)c1Cl. The molecule has 0 aliphatic carbocycles. The van der Waals surface area contributed by atoms with Gasteiger partial charge in [0.25, 0.3) is 0 Å². The molecule has 0 aliphatic rings. The fourth-order valence-electron chi connectivity index (χ4n) is 3.21. The summed E-state index contributed by atoms with van der Waals surface area (Å²) >= 11 is 12.7. The lowest BCUT2D eigenvalue weighted by molar-refractivity contribution is -0.138. The summed E-state index contributed by atoms with van der Waals surface area (Å²) in [7, 11) is 0. The highest BCUT2D eigenvalue weighted by Crippen LogP contribution is 2.25. The Hall–Kier alpha value is -3.09. The van der Waals surface area contributed by atoms with E-state index in [4.69, 9.17) is 32.7 Å². The molecule has 0 aliphatic heterocycles. The molecule has 0 bridgehead atoms. The molecule has 172 valence electrons. The number of rotatable bonds is 9. The van der Waals surface area contributed by atoms with Crippen LogP contribution in [-0.2, 0) is 22.7 Å². The summed E-state index contributed by atoms with van der Waals surface area (Å²) in [6, 6.07) is 12.5. The second-order valence-electron chi connectivity index (χ2n) is 7.29. The first kappa shape index (κ1) is 24.6. The van der Waals surface area contributed by atoms with Crippen LogP contribution in [0.5, 0.6) is 5.75 Å². The molecule has 0 unspecified atom stereocenters. The molecule has 33 heavy (non-hydrogen) atoms. The number of aromatic nitrogens is 2. The van der Waals surface area contributed by atoms with Crippen molar-refractivity contribution in [2.24, 2.45) is 0 Å². The molecular weight excluding hydrogens is 463 g/mol. The van der Waals surface area contributed by atoms with Crippen molar-refractivity contribution in [3.63, 3.8) is 0 Å². The number of aryl methyl sites for hydroxylation is 1. The highest BCUT2D eigenvalue weighted by molar-refractivity contribution is 6.32. The molecule has 1 aromatic heterocycles. The molecule has 0 fully saturated rings. The van der Waals surface area contributed by atoms with Gasteiger partial charge < -0.3 is 9.47 Å². The van der Waals surface area contributed by atoms with Crippen molar-refractivity contribution in [1.29, 1.82) is 0 Å². The number of nitrogens with zero attached hydrogens (tertiary/aromatic N) is 2. The number of ether oxygens (including phenoxy) is 2. The first-order valence-corrected chi connectivity index (χ1v) is 11.1. The van der Waals surface area contributed by atoms with E-state index in [-0.39, 0.29) is 12.4 Å². The van der Waals surface area contributed by atoms with Crippen LogP contribution in [0.2, 0.25) is 10.2 Å². The summed E-state index contributed by atoms with van der Waals surface area (Å²) in [6.07, 6.45) is 2.87. The average molecular weight is 487 g/mol. The summed E-state index contributed by atoms with van der Waals surface area (Å²) < 4.78 is 12.6. The number of hydrogen-bond donors (Lipinski definition) is 0. The third kappa shape index (κ3) is 6.24. The van der Waals surface area contributed by atoms with E-state index in [1.54, 1.807) is 35.0 Å². The Labute approximate surface area is 202 Å². The maximum Gasteiger partial charge on any atom is 0.331 e. The van der Waals surface area contributed by atoms with Crippen LogP contribution < -0.4 is 4.74 Å². The zero-order valence-electron chi connectivity index (χ0n) is 18.6. The van der Waals surface area contributed by atoms with Crippen molar-refractivity contribution in [1.82, 2.24) is 9.78 Å². The molecule has 8 heteroatoms. The Bertz CT molecular complexity index is 1200. The monoisotopic (exact) mass is 486 g/mol. The molecule has 0 radical (unpaired) electrons. The summed E-state index contributed by atoms with van der Waals surface area (Å²) in [4.78, 5) is 24.0. The van der Waals surface area contributed by atoms with Crippen molar-refractivity contribution in [2.45, 2.75) is 33.9 Å². The molecule has 2 aromatic carbocycles. The molecule has 0 atom stereocenters. The van der Waals surface area contributed by atoms with Gasteiger partial charge in [-0.2, -0.15) is 5.10 Å². The first-order chi connectivity index (χ1) is 15.8. The minimum Gasteiger partial charge on any atom is -0.493 e.